The van der Waals surface area contributed by atoms with Crippen LogP contribution in [0.5, 0.6) is 0 Å². The first-order chi connectivity index (χ1) is 6.50. The SMILES string of the molecule is Cc1nc(CSC(C)C)nc(F)c1C. The molecule has 0 N–H and O–H groups in total. The highest BCUT2D eigenvalue weighted by atomic mass is 32.2. The molecule has 1 heterocycles. The van der Waals surface area contributed by atoms with E-state index >= 15 is 0 Å². The summed E-state index contributed by atoms with van der Waals surface area (Å²) in [5.41, 5.74) is 1.28. The van der Waals surface area contributed by atoms with Gasteiger partial charge in [-0.05, 0) is 19.1 Å². The van der Waals surface area contributed by atoms with Gasteiger partial charge in [0, 0.05) is 11.3 Å². The average Bonchev–Trinajstić information content (AvgIpc) is 2.10. The maximum atomic E-state index is 13.2. The molecule has 0 spiro atoms. The Morgan fingerprint density at radius 1 is 1.29 bits per heavy atom. The van der Waals surface area contributed by atoms with E-state index < -0.39 is 5.95 Å². The van der Waals surface area contributed by atoms with E-state index in [2.05, 4.69) is 23.8 Å². The van der Waals surface area contributed by atoms with Gasteiger partial charge in [0.15, 0.2) is 0 Å². The maximum Gasteiger partial charge on any atom is 0.219 e. The van der Waals surface area contributed by atoms with Gasteiger partial charge in [0.1, 0.15) is 5.82 Å². The third kappa shape index (κ3) is 2.94. The summed E-state index contributed by atoms with van der Waals surface area (Å²) in [6, 6.07) is 0. The lowest BCUT2D eigenvalue weighted by Crippen LogP contribution is -2.03. The number of aromatic nitrogens is 2. The van der Waals surface area contributed by atoms with Crippen molar-refractivity contribution in [3.05, 3.63) is 23.0 Å². The largest absolute Gasteiger partial charge is 0.237 e. The van der Waals surface area contributed by atoms with Crippen molar-refractivity contribution >= 4 is 11.8 Å². The van der Waals surface area contributed by atoms with Crippen LogP contribution in [0.3, 0.4) is 0 Å². The van der Waals surface area contributed by atoms with Crippen LogP contribution in [0.2, 0.25) is 0 Å². The molecule has 0 unspecified atom stereocenters. The van der Waals surface area contributed by atoms with Gasteiger partial charge in [-0.1, -0.05) is 13.8 Å². The zero-order valence-electron chi connectivity index (χ0n) is 8.97. The molecule has 0 bridgehead atoms. The molecule has 78 valence electrons. The molecule has 0 saturated carbocycles. The van der Waals surface area contributed by atoms with Gasteiger partial charge in [0.25, 0.3) is 0 Å². The molecule has 0 fully saturated rings. The zero-order valence-corrected chi connectivity index (χ0v) is 9.78. The van der Waals surface area contributed by atoms with E-state index in [0.717, 1.165) is 5.69 Å². The Balaban J connectivity index is 2.79. The first-order valence-electron chi connectivity index (χ1n) is 4.62. The van der Waals surface area contributed by atoms with Crippen molar-refractivity contribution in [2.75, 3.05) is 0 Å². The van der Waals surface area contributed by atoms with Crippen molar-refractivity contribution in [1.82, 2.24) is 9.97 Å². The lowest BCUT2D eigenvalue weighted by atomic mass is 10.3. The van der Waals surface area contributed by atoms with Crippen molar-refractivity contribution in [2.24, 2.45) is 0 Å². The second-order valence-corrected chi connectivity index (χ2v) is 5.07. The van der Waals surface area contributed by atoms with Gasteiger partial charge in [-0.15, -0.1) is 0 Å². The molecular formula is C10H15FN2S. The molecular weight excluding hydrogens is 199 g/mol. The van der Waals surface area contributed by atoms with Crippen LogP contribution >= 0.6 is 11.8 Å². The minimum absolute atomic E-state index is 0.392. The smallest absolute Gasteiger partial charge is 0.219 e. The predicted molar refractivity (Wildman–Crippen MR) is 57.9 cm³/mol. The molecule has 0 aliphatic heterocycles. The molecule has 4 heteroatoms. The second-order valence-electron chi connectivity index (χ2n) is 3.50. The highest BCUT2D eigenvalue weighted by Gasteiger charge is 2.07. The van der Waals surface area contributed by atoms with Crippen LogP contribution in [0.1, 0.15) is 30.9 Å². The lowest BCUT2D eigenvalue weighted by Gasteiger charge is -2.06. The molecule has 1 aromatic heterocycles. The third-order valence-corrected chi connectivity index (χ3v) is 3.01. The van der Waals surface area contributed by atoms with Gasteiger partial charge < -0.3 is 0 Å². The van der Waals surface area contributed by atoms with Crippen LogP contribution in [0, 0.1) is 19.8 Å². The Labute approximate surface area is 88.3 Å². The number of hydrogen-bond acceptors (Lipinski definition) is 3. The Hall–Kier alpha value is -0.640. The quantitative estimate of drug-likeness (QED) is 0.723. The number of rotatable bonds is 3. The van der Waals surface area contributed by atoms with Crippen molar-refractivity contribution in [3.8, 4) is 0 Å². The Kier molecular flexibility index (Phi) is 3.86. The van der Waals surface area contributed by atoms with E-state index in [9.17, 15) is 4.39 Å². The molecule has 0 aliphatic carbocycles. The Morgan fingerprint density at radius 3 is 2.43 bits per heavy atom. The van der Waals surface area contributed by atoms with E-state index in [4.69, 9.17) is 0 Å². The normalized spacial score (nSPS) is 11.0. The summed E-state index contributed by atoms with van der Waals surface area (Å²) >= 11 is 1.72. The van der Waals surface area contributed by atoms with Crippen molar-refractivity contribution in [3.63, 3.8) is 0 Å². The van der Waals surface area contributed by atoms with Crippen LogP contribution < -0.4 is 0 Å². The molecule has 2 nitrogen and oxygen atoms in total. The van der Waals surface area contributed by atoms with Crippen LogP contribution in [0.4, 0.5) is 4.39 Å². The third-order valence-electron chi connectivity index (χ3n) is 1.92. The molecule has 0 saturated heterocycles. The van der Waals surface area contributed by atoms with Gasteiger partial charge in [-0.2, -0.15) is 16.2 Å². The number of halogens is 1. The molecule has 0 aliphatic rings. The van der Waals surface area contributed by atoms with E-state index in [-0.39, 0.29) is 0 Å². The fourth-order valence-corrected chi connectivity index (χ4v) is 1.57. The summed E-state index contributed by atoms with van der Waals surface area (Å²) in [6.45, 7) is 7.71. The number of thioether (sulfide) groups is 1. The lowest BCUT2D eigenvalue weighted by molar-refractivity contribution is 0.560. The van der Waals surface area contributed by atoms with Crippen molar-refractivity contribution in [2.45, 2.75) is 38.7 Å². The van der Waals surface area contributed by atoms with Crippen LogP contribution in [0.15, 0.2) is 0 Å². The first kappa shape index (κ1) is 11.4. The van der Waals surface area contributed by atoms with Gasteiger partial charge in [-0.25, -0.2) is 9.97 Å². The molecule has 1 rings (SSSR count). The number of nitrogens with zero attached hydrogens (tertiary/aromatic N) is 2. The standard InChI is InChI=1S/C10H15FN2S/c1-6(2)14-5-9-12-8(4)7(3)10(11)13-9/h6H,5H2,1-4H3. The first-order valence-corrected chi connectivity index (χ1v) is 5.66. The summed E-state index contributed by atoms with van der Waals surface area (Å²) < 4.78 is 13.2. The average molecular weight is 214 g/mol. The molecule has 0 aromatic carbocycles. The van der Waals surface area contributed by atoms with Crippen molar-refractivity contribution < 1.29 is 4.39 Å². The van der Waals surface area contributed by atoms with E-state index in [1.54, 1.807) is 18.7 Å². The second kappa shape index (κ2) is 4.73. The predicted octanol–water partition coefficient (Wildman–Crippen LogP) is 2.87. The monoisotopic (exact) mass is 214 g/mol. The number of aryl methyl sites for hydroxylation is 1. The van der Waals surface area contributed by atoms with Gasteiger partial charge in [-0.3, -0.25) is 0 Å². The molecule has 0 atom stereocenters. The van der Waals surface area contributed by atoms with Gasteiger partial charge in [0.05, 0.1) is 5.75 Å². The minimum atomic E-state index is -0.392. The molecule has 1 aromatic rings. The fourth-order valence-electron chi connectivity index (χ4n) is 0.955. The van der Waals surface area contributed by atoms with Gasteiger partial charge in [0.2, 0.25) is 5.95 Å². The van der Waals surface area contributed by atoms with Crippen LogP contribution in [0.25, 0.3) is 0 Å². The number of hydrogen-bond donors (Lipinski definition) is 0. The van der Waals surface area contributed by atoms with Crippen LogP contribution in [-0.2, 0) is 5.75 Å². The Bertz CT molecular complexity index is 303. The molecule has 0 amide bonds. The zero-order chi connectivity index (χ0) is 10.7. The summed E-state index contributed by atoms with van der Waals surface area (Å²) in [6.07, 6.45) is 0. The maximum absolute atomic E-state index is 13.2. The topological polar surface area (TPSA) is 25.8 Å². The van der Waals surface area contributed by atoms with Gasteiger partial charge >= 0.3 is 0 Å². The molecule has 14 heavy (non-hydrogen) atoms. The van der Waals surface area contributed by atoms with E-state index in [1.165, 1.54) is 0 Å². The van der Waals surface area contributed by atoms with E-state index in [1.807, 2.05) is 6.92 Å². The van der Waals surface area contributed by atoms with Crippen LogP contribution in [-0.4, -0.2) is 15.2 Å². The van der Waals surface area contributed by atoms with Crippen molar-refractivity contribution in [1.29, 1.82) is 0 Å². The highest BCUT2D eigenvalue weighted by Crippen LogP contribution is 2.16. The minimum Gasteiger partial charge on any atom is -0.237 e. The fraction of sp³-hybridized carbons (Fsp3) is 0.600. The summed E-state index contributed by atoms with van der Waals surface area (Å²) in [5.74, 6) is 0.872. The summed E-state index contributed by atoms with van der Waals surface area (Å²) in [4.78, 5) is 8.04. The summed E-state index contributed by atoms with van der Waals surface area (Å²) in [5, 5.41) is 0.517. The molecule has 0 radical (unpaired) electrons. The Morgan fingerprint density at radius 2 is 1.93 bits per heavy atom. The summed E-state index contributed by atoms with van der Waals surface area (Å²) in [7, 11) is 0. The highest BCUT2D eigenvalue weighted by molar-refractivity contribution is 7.99. The van der Waals surface area contributed by atoms with E-state index in [0.29, 0.717) is 22.4 Å².